The average molecular weight is 152 g/mol. The van der Waals surface area contributed by atoms with Crippen molar-refractivity contribution in [3.63, 3.8) is 0 Å². The Kier molecular flexibility index (Phi) is 4.08. The Morgan fingerprint density at radius 3 is 1.50 bits per heavy atom. The predicted molar refractivity (Wildman–Crippen MR) is 13.9 cm³/mol. The fourth-order valence-electron chi connectivity index (χ4n) is 0. The summed E-state index contributed by atoms with van der Waals surface area (Å²) in [6.07, 6.45) is 0. The third-order valence-electron chi connectivity index (χ3n) is 0. The third kappa shape index (κ3) is 332. The quantitative estimate of drug-likeness (QED) is 0.335. The molecule has 0 saturated carbocycles. The van der Waals surface area contributed by atoms with Crippen LogP contribution in [0.2, 0.25) is 0 Å². The van der Waals surface area contributed by atoms with Gasteiger partial charge in [0, 0.05) is 0 Å². The molecule has 0 spiro atoms. The van der Waals surface area contributed by atoms with Crippen LogP contribution in [0.1, 0.15) is 0 Å². The number of nitrogens with two attached hydrogens (primary N) is 1. The molecule has 0 rings (SSSR count). The molecule has 6 heteroatoms. The smallest absolute Gasteiger partial charge is 0.736 e. The van der Waals surface area contributed by atoms with Crippen LogP contribution in [0.5, 0.6) is 0 Å². The van der Waals surface area contributed by atoms with Gasteiger partial charge in [0.05, 0.1) is 0 Å². The monoisotopic (exact) mass is 152 g/mol. The number of hydrogen-bond acceptors (Lipinski definition) is 3. The number of hydrogen-bond donors (Lipinski definition) is 1. The molecule has 0 saturated heterocycles. The van der Waals surface area contributed by atoms with Crippen molar-refractivity contribution >= 4 is 10.3 Å². The van der Waals surface area contributed by atoms with Crippen LogP contribution in [0.25, 0.3) is 0 Å². The summed E-state index contributed by atoms with van der Waals surface area (Å²) in [6, 6.07) is 0. The van der Waals surface area contributed by atoms with Crippen LogP contribution in [0.15, 0.2) is 0 Å². The van der Waals surface area contributed by atoms with Gasteiger partial charge in [0.2, 0.25) is 0 Å². The summed E-state index contributed by atoms with van der Waals surface area (Å²) in [5.41, 5.74) is 0. The minimum Gasteiger partial charge on any atom is -0.736 e. The van der Waals surface area contributed by atoms with Gasteiger partial charge in [0.25, 0.3) is 0 Å². The van der Waals surface area contributed by atoms with Crippen molar-refractivity contribution in [2.75, 3.05) is 0 Å². The molecule has 2 N–H and O–H groups in total. The molecule has 38 valence electrons. The second-order valence-electron chi connectivity index (χ2n) is 0.493. The molecule has 0 unspecified atom stereocenters. The van der Waals surface area contributed by atoms with Crippen molar-refractivity contribution in [2.45, 2.75) is 0 Å². The minimum atomic E-state index is -4.42. The van der Waals surface area contributed by atoms with Crippen molar-refractivity contribution in [2.24, 2.45) is 5.14 Å². The van der Waals surface area contributed by atoms with E-state index < -0.39 is 10.3 Å². The molecule has 0 heterocycles. The molecule has 0 aromatic rings. The molecule has 0 atom stereocenters. The minimum absolute atomic E-state index is 0. The molecule has 0 aromatic heterocycles. The zero-order valence-electron chi connectivity index (χ0n) is 2.56. The van der Waals surface area contributed by atoms with Crippen LogP contribution < -0.4 is 5.14 Å². The first kappa shape index (κ1) is 9.63. The Labute approximate surface area is 46.1 Å². The van der Waals surface area contributed by atoms with Gasteiger partial charge in [0.15, 0.2) is 10.3 Å². The van der Waals surface area contributed by atoms with Crippen LogP contribution in [0, 0.1) is 0 Å². The molecule has 0 aliphatic rings. The normalized spacial score (nSPS) is 9.67. The van der Waals surface area contributed by atoms with Crippen LogP contribution in [0.3, 0.4) is 0 Å². The maximum atomic E-state index is 8.85. The van der Waals surface area contributed by atoms with Gasteiger partial charge in [-0.1, -0.05) is 0 Å². The topological polar surface area (TPSA) is 83.2 Å². The summed E-state index contributed by atoms with van der Waals surface area (Å²) in [5.74, 6) is 0. The summed E-state index contributed by atoms with van der Waals surface area (Å²) < 4.78 is 26.6. The van der Waals surface area contributed by atoms with Crippen molar-refractivity contribution in [3.8, 4) is 0 Å². The van der Waals surface area contributed by atoms with Crippen molar-refractivity contribution in [1.29, 1.82) is 0 Å². The van der Waals surface area contributed by atoms with Gasteiger partial charge in [-0.25, -0.2) is 13.6 Å². The summed E-state index contributed by atoms with van der Waals surface area (Å²) in [6.45, 7) is 0. The van der Waals surface area contributed by atoms with E-state index in [1.807, 2.05) is 0 Å². The van der Waals surface area contributed by atoms with Gasteiger partial charge < -0.3 is 4.55 Å². The van der Waals surface area contributed by atoms with Crippen molar-refractivity contribution in [1.82, 2.24) is 0 Å². The second kappa shape index (κ2) is 2.54. The van der Waals surface area contributed by atoms with Gasteiger partial charge in [-0.15, -0.1) is 0 Å². The first-order valence-electron chi connectivity index (χ1n) is 0.736. The zero-order valence-corrected chi connectivity index (χ0v) is 4.48. The Bertz CT molecular complexity index is 94.0. The third-order valence-corrected chi connectivity index (χ3v) is 0. The van der Waals surface area contributed by atoms with E-state index in [4.69, 9.17) is 13.0 Å². The van der Waals surface area contributed by atoms with Crippen molar-refractivity contribution in [3.05, 3.63) is 0 Å². The fourth-order valence-corrected chi connectivity index (χ4v) is 0. The van der Waals surface area contributed by atoms with Gasteiger partial charge >= 0.3 is 17.1 Å². The molecule has 0 radical (unpaired) electrons. The van der Waals surface area contributed by atoms with E-state index in [2.05, 4.69) is 5.14 Å². The summed E-state index contributed by atoms with van der Waals surface area (Å²) in [5, 5.41) is 3.77. The average Bonchev–Trinajstić information content (AvgIpc) is 0.722. The van der Waals surface area contributed by atoms with E-state index in [-0.39, 0.29) is 17.1 Å². The Morgan fingerprint density at radius 2 is 1.50 bits per heavy atom. The van der Waals surface area contributed by atoms with Crippen LogP contribution in [0.4, 0.5) is 0 Å². The second-order valence-corrected chi connectivity index (χ2v) is 1.48. The van der Waals surface area contributed by atoms with Crippen LogP contribution >= 0.6 is 0 Å². The maximum Gasteiger partial charge on any atom is 2.00 e. The summed E-state index contributed by atoms with van der Waals surface area (Å²) in [7, 11) is -4.42. The molecule has 0 fully saturated rings. The summed E-state index contributed by atoms with van der Waals surface area (Å²) >= 11 is 0. The largest absolute Gasteiger partial charge is 2.00 e. The van der Waals surface area contributed by atoms with Gasteiger partial charge in [-0.05, 0) is 0 Å². The molecule has 0 aliphatic heterocycles. The van der Waals surface area contributed by atoms with E-state index in [1.54, 1.807) is 0 Å². The Balaban J connectivity index is 0. The number of rotatable bonds is 0. The van der Waals surface area contributed by atoms with Crippen LogP contribution in [-0.4, -0.2) is 13.0 Å². The van der Waals surface area contributed by atoms with Gasteiger partial charge in [0.1, 0.15) is 0 Å². The van der Waals surface area contributed by atoms with E-state index >= 15 is 0 Å². The van der Waals surface area contributed by atoms with E-state index in [9.17, 15) is 0 Å². The van der Waals surface area contributed by atoms with Gasteiger partial charge in [-0.3, -0.25) is 0 Å². The predicted octanol–water partition coefficient (Wildman–Crippen LogP) is -1.60. The van der Waals surface area contributed by atoms with Crippen molar-refractivity contribution < 1.29 is 30.0 Å². The van der Waals surface area contributed by atoms with E-state index in [1.165, 1.54) is 0 Å². The molecule has 0 amide bonds. The van der Waals surface area contributed by atoms with E-state index in [0.717, 1.165) is 0 Å². The maximum absolute atomic E-state index is 8.85. The molecule has 4 nitrogen and oxygen atoms in total. The molecular weight excluding hydrogens is 150 g/mol. The Hall–Kier alpha value is 0.389. The van der Waals surface area contributed by atoms with E-state index in [0.29, 0.717) is 0 Å². The molecule has 6 heavy (non-hydrogen) atoms. The van der Waals surface area contributed by atoms with Crippen LogP contribution in [-0.2, 0) is 27.4 Å². The Morgan fingerprint density at radius 1 is 1.50 bits per heavy atom. The molecule has 0 bridgehead atoms. The zero-order chi connectivity index (χ0) is 4.50. The molecule has 0 aromatic carbocycles. The first-order chi connectivity index (χ1) is 2.00. The standard InChI is InChI=1S/Fe.H3NO3S/c;1-5(2,3)4/h;(H3,1,2,3,4)/q+2;/p-1. The van der Waals surface area contributed by atoms with Gasteiger partial charge in [-0.2, -0.15) is 0 Å². The SMILES string of the molecule is NS(=O)(=O)[O-].[Fe+2]. The summed E-state index contributed by atoms with van der Waals surface area (Å²) in [4.78, 5) is 0. The first-order valence-corrected chi connectivity index (χ1v) is 2.21. The molecular formula is H2FeNO3S+. The fraction of sp³-hybridized carbons (Fsp3) is 0. The molecule has 0 aliphatic carbocycles.